The first kappa shape index (κ1) is 7.78. The fourth-order valence-electron chi connectivity index (χ4n) is 0.412. The van der Waals surface area contributed by atoms with Crippen molar-refractivity contribution in [3.8, 4) is 0 Å². The molecule has 7 heavy (non-hydrogen) atoms. The molecule has 0 saturated carbocycles. The van der Waals surface area contributed by atoms with Gasteiger partial charge in [-0.3, -0.25) is 0 Å². The average Bonchev–Trinajstić information content (AvgIpc) is 1.86. The second kappa shape index (κ2) is 3.74. The molecule has 0 heterocycles. The third kappa shape index (κ3) is 2.56. The zero-order valence-corrected chi connectivity index (χ0v) is 7.05. The molecule has 0 aromatic carbocycles. The maximum Gasteiger partial charge on any atom is 0 e. The van der Waals surface area contributed by atoms with E-state index in [1.54, 1.807) is 0 Å². The summed E-state index contributed by atoms with van der Waals surface area (Å²) < 4.78 is 1.16. The van der Waals surface area contributed by atoms with Crippen molar-refractivity contribution >= 4 is 23.7 Å². The smallest absolute Gasteiger partial charge is 0 e. The van der Waals surface area contributed by atoms with Gasteiger partial charge in [0.1, 0.15) is 0 Å². The Kier molecular flexibility index (Phi) is 4.15. The van der Waals surface area contributed by atoms with Gasteiger partial charge in [0.25, 0.3) is 0 Å². The largest absolute Gasteiger partial charge is 0 e. The molecule has 1 rings (SSSR count). The molecule has 0 aliphatic heterocycles. The van der Waals surface area contributed by atoms with Gasteiger partial charge in [0.15, 0.2) is 0 Å². The number of allylic oxidation sites excluding steroid dienone is 4. The first-order chi connectivity index (χ1) is 2.89. The van der Waals surface area contributed by atoms with Crippen molar-refractivity contribution in [2.75, 3.05) is 0 Å². The Bertz CT molecular complexity index is 105. The predicted octanol–water partition coefficient (Wildman–Crippen LogP) is 0.996. The van der Waals surface area contributed by atoms with E-state index in [2.05, 4.69) is 21.8 Å². The van der Waals surface area contributed by atoms with Gasteiger partial charge in [-0.1, -0.05) is 0 Å². The number of hydrogen-bond donors (Lipinski definition) is 0. The first-order valence-corrected chi connectivity index (χ1v) is 2.40. The van der Waals surface area contributed by atoms with E-state index < -0.39 is 0 Å². The molecule has 0 aromatic heterocycles. The van der Waals surface area contributed by atoms with Gasteiger partial charge < -0.3 is 0 Å². The Balaban J connectivity index is 0.000000360. The van der Waals surface area contributed by atoms with Gasteiger partial charge >= 0.3 is 44.9 Å². The van der Waals surface area contributed by atoms with E-state index in [1.807, 2.05) is 12.2 Å². The topological polar surface area (TPSA) is 0 Å². The van der Waals surface area contributed by atoms with Crippen molar-refractivity contribution in [2.45, 2.75) is 6.42 Å². The van der Waals surface area contributed by atoms with E-state index >= 15 is 0 Å². The predicted molar refractivity (Wildman–Crippen MR) is 27.6 cm³/mol. The second-order valence-corrected chi connectivity index (χ2v) is 1.89. The third-order valence-corrected chi connectivity index (χ3v) is 1.10. The van der Waals surface area contributed by atoms with Crippen LogP contribution in [0.15, 0.2) is 22.7 Å². The van der Waals surface area contributed by atoms with Gasteiger partial charge in [-0.05, 0) is 0 Å². The molecule has 0 spiro atoms. The summed E-state index contributed by atoms with van der Waals surface area (Å²) in [7, 11) is 0. The fraction of sp³-hybridized carbons (Fsp3) is 0.200. The Labute approximate surface area is 68.4 Å². The minimum atomic E-state index is 0. The summed E-state index contributed by atoms with van der Waals surface area (Å²) in [5.74, 6) is 0. The standard InChI is InChI=1S/C5H5.Co.Te/c1-2-4-5-3-1;;/h1-3H,4H2;;. The van der Waals surface area contributed by atoms with Crippen LogP contribution in [-0.2, 0) is 15.7 Å². The van der Waals surface area contributed by atoms with Gasteiger partial charge in [-0.25, -0.2) is 0 Å². The van der Waals surface area contributed by atoms with Crippen LogP contribution in [0.3, 0.4) is 0 Å². The molecule has 0 unspecified atom stereocenters. The molecule has 0 aromatic rings. The van der Waals surface area contributed by atoms with Crippen molar-refractivity contribution < 1.29 is 15.7 Å². The molecule has 0 nitrogen and oxygen atoms in total. The molecular formula is C5H5CoTe. The van der Waals surface area contributed by atoms with Crippen molar-refractivity contribution in [1.82, 2.24) is 0 Å². The third-order valence-electron chi connectivity index (χ3n) is 0.709. The number of rotatable bonds is 0. The van der Waals surface area contributed by atoms with E-state index in [-0.39, 0.29) is 23.7 Å². The molecule has 0 N–H and O–H groups in total. The van der Waals surface area contributed by atoms with Crippen LogP contribution in [0.1, 0.15) is 6.42 Å². The minimum absolute atomic E-state index is 0. The molecular weight excluding hydrogens is 247 g/mol. The van der Waals surface area contributed by atoms with E-state index in [0.717, 1.165) is 10.9 Å². The summed E-state index contributed by atoms with van der Waals surface area (Å²) in [5.41, 5.74) is 0. The van der Waals surface area contributed by atoms with E-state index in [4.69, 9.17) is 0 Å². The molecule has 1 aliphatic carbocycles. The van der Waals surface area contributed by atoms with Crippen LogP contribution in [0, 0.1) is 0 Å². The van der Waals surface area contributed by atoms with Crippen LogP contribution < -0.4 is 0 Å². The average molecular weight is 252 g/mol. The van der Waals surface area contributed by atoms with Gasteiger partial charge in [-0.15, -0.1) is 0 Å². The van der Waals surface area contributed by atoms with Gasteiger partial charge in [-0.2, -0.15) is 0 Å². The van der Waals surface area contributed by atoms with Crippen LogP contribution >= 0.6 is 0 Å². The van der Waals surface area contributed by atoms with Crippen molar-refractivity contribution in [1.29, 1.82) is 0 Å². The van der Waals surface area contributed by atoms with Crippen molar-refractivity contribution in [3.63, 3.8) is 0 Å². The summed E-state index contributed by atoms with van der Waals surface area (Å²) in [5, 5.41) is 0. The molecule has 40 valence electrons. The summed E-state index contributed by atoms with van der Waals surface area (Å²) in [6, 6.07) is 0. The summed E-state index contributed by atoms with van der Waals surface area (Å²) in [6.07, 6.45) is 7.13. The molecule has 2 radical (unpaired) electrons. The molecule has 0 amide bonds. The van der Waals surface area contributed by atoms with Crippen molar-refractivity contribution in [2.24, 2.45) is 0 Å². The monoisotopic (exact) mass is 254 g/mol. The Hall–Kier alpha value is 0.776. The van der Waals surface area contributed by atoms with Gasteiger partial charge in [0.2, 0.25) is 0 Å². The second-order valence-electron chi connectivity index (χ2n) is 1.22. The van der Waals surface area contributed by atoms with Gasteiger partial charge in [0.05, 0.1) is 0 Å². The summed E-state index contributed by atoms with van der Waals surface area (Å²) in [4.78, 5) is 0. The van der Waals surface area contributed by atoms with E-state index in [0.29, 0.717) is 0 Å². The molecule has 0 saturated heterocycles. The zero-order chi connectivity index (χ0) is 4.41. The normalized spacial score (nSPS) is 16.0. The molecule has 2 heteroatoms. The number of hydrogen-bond acceptors (Lipinski definition) is 0. The molecule has 0 atom stereocenters. The van der Waals surface area contributed by atoms with Crippen LogP contribution in [0.25, 0.3) is 0 Å². The molecule has 1 aliphatic rings. The quantitative estimate of drug-likeness (QED) is 0.564. The van der Waals surface area contributed by atoms with Crippen LogP contribution in [0.4, 0.5) is 0 Å². The summed E-state index contributed by atoms with van der Waals surface area (Å²) in [6.45, 7) is 0. The first-order valence-electron chi connectivity index (χ1n) is 1.88. The SMILES string of the molecule is [Co][C]1=CC=CC1.[Te]. The van der Waals surface area contributed by atoms with Crippen LogP contribution in [0.5, 0.6) is 0 Å². The zero-order valence-electron chi connectivity index (χ0n) is 3.68. The molecule has 0 bridgehead atoms. The van der Waals surface area contributed by atoms with Crippen molar-refractivity contribution in [3.05, 3.63) is 22.7 Å². The fourth-order valence-corrected chi connectivity index (χ4v) is 0.634. The van der Waals surface area contributed by atoms with Crippen LogP contribution in [-0.4, -0.2) is 23.7 Å². The van der Waals surface area contributed by atoms with Gasteiger partial charge in [0, 0.05) is 23.7 Å². The summed E-state index contributed by atoms with van der Waals surface area (Å²) >= 11 is 4.14. The minimum Gasteiger partial charge on any atom is 0 e. The van der Waals surface area contributed by atoms with E-state index in [9.17, 15) is 0 Å². The maximum atomic E-state index is 4.14. The maximum absolute atomic E-state index is 4.14. The van der Waals surface area contributed by atoms with Crippen LogP contribution in [0.2, 0.25) is 0 Å². The Morgan fingerprint density at radius 3 is 2.43 bits per heavy atom. The Morgan fingerprint density at radius 1 is 1.57 bits per heavy atom. The molecule has 0 fully saturated rings. The van der Waals surface area contributed by atoms with E-state index in [1.165, 1.54) is 0 Å². The Morgan fingerprint density at radius 2 is 2.29 bits per heavy atom.